The number of piperidine rings is 1. The molecule has 1 aliphatic rings. The highest BCUT2D eigenvalue weighted by atomic mass is 16.5. The summed E-state index contributed by atoms with van der Waals surface area (Å²) in [7, 11) is 1.79. The molecular formula is C14H25N3O2. The average Bonchev–Trinajstić information content (AvgIpc) is 2.87. The fourth-order valence-corrected chi connectivity index (χ4v) is 2.36. The molecule has 0 N–H and O–H groups in total. The second kappa shape index (κ2) is 5.59. The van der Waals surface area contributed by atoms with Gasteiger partial charge in [0.2, 0.25) is 5.89 Å². The molecule has 19 heavy (non-hydrogen) atoms. The van der Waals surface area contributed by atoms with Crippen molar-refractivity contribution in [3.05, 3.63) is 11.7 Å². The molecule has 108 valence electrons. The normalized spacial score (nSPS) is 20.7. The highest BCUT2D eigenvalue weighted by Crippen LogP contribution is 2.26. The minimum atomic E-state index is -0.0650. The maximum Gasteiger partial charge on any atom is 0.243 e. The predicted octanol–water partition coefficient (Wildman–Crippen LogP) is 2.54. The molecule has 1 saturated heterocycles. The Bertz CT molecular complexity index is 403. The van der Waals surface area contributed by atoms with Crippen LogP contribution < -0.4 is 0 Å². The molecular weight excluding hydrogens is 242 g/mol. The van der Waals surface area contributed by atoms with Crippen LogP contribution in [0, 0.1) is 0 Å². The van der Waals surface area contributed by atoms with E-state index in [0.29, 0.717) is 6.10 Å². The molecule has 5 heteroatoms. The van der Waals surface area contributed by atoms with Crippen molar-refractivity contribution in [3.63, 3.8) is 0 Å². The molecule has 1 atom stereocenters. The van der Waals surface area contributed by atoms with E-state index in [1.54, 1.807) is 7.11 Å². The van der Waals surface area contributed by atoms with Crippen molar-refractivity contribution >= 4 is 0 Å². The van der Waals surface area contributed by atoms with Gasteiger partial charge in [0.1, 0.15) is 0 Å². The first kappa shape index (κ1) is 14.5. The number of nitrogens with zero attached hydrogens (tertiary/aromatic N) is 3. The summed E-state index contributed by atoms with van der Waals surface area (Å²) in [6.45, 7) is 10.5. The molecule has 1 aliphatic heterocycles. The van der Waals surface area contributed by atoms with Gasteiger partial charge in [0.25, 0.3) is 0 Å². The first-order valence-electron chi connectivity index (χ1n) is 7.02. The second-order valence-electron chi connectivity index (χ2n) is 6.35. The lowest BCUT2D eigenvalue weighted by molar-refractivity contribution is 0.0247. The third-order valence-electron chi connectivity index (χ3n) is 3.83. The number of hydrogen-bond acceptors (Lipinski definition) is 5. The van der Waals surface area contributed by atoms with E-state index in [1.165, 1.54) is 0 Å². The van der Waals surface area contributed by atoms with E-state index < -0.39 is 0 Å². The van der Waals surface area contributed by atoms with Gasteiger partial charge in [-0.3, -0.25) is 4.90 Å². The Morgan fingerprint density at radius 1 is 1.32 bits per heavy atom. The summed E-state index contributed by atoms with van der Waals surface area (Å²) in [5.74, 6) is 1.50. The Morgan fingerprint density at radius 2 is 1.95 bits per heavy atom. The molecule has 0 spiro atoms. The topological polar surface area (TPSA) is 51.4 Å². The van der Waals surface area contributed by atoms with Gasteiger partial charge in [-0.05, 0) is 19.8 Å². The van der Waals surface area contributed by atoms with Crippen molar-refractivity contribution in [1.82, 2.24) is 15.0 Å². The summed E-state index contributed by atoms with van der Waals surface area (Å²) in [6.07, 6.45) is 2.54. The van der Waals surface area contributed by atoms with Gasteiger partial charge in [-0.25, -0.2) is 0 Å². The van der Waals surface area contributed by atoms with Gasteiger partial charge < -0.3 is 9.26 Å². The largest absolute Gasteiger partial charge is 0.381 e. The maximum atomic E-state index is 5.43. The van der Waals surface area contributed by atoms with Crippen LogP contribution in [0.25, 0.3) is 0 Å². The third kappa shape index (κ3) is 3.34. The van der Waals surface area contributed by atoms with E-state index in [-0.39, 0.29) is 11.5 Å². The van der Waals surface area contributed by atoms with Gasteiger partial charge in [-0.2, -0.15) is 4.98 Å². The summed E-state index contributed by atoms with van der Waals surface area (Å²) >= 11 is 0. The lowest BCUT2D eigenvalue weighted by atomic mass is 9.96. The molecule has 1 aromatic rings. The van der Waals surface area contributed by atoms with Crippen molar-refractivity contribution in [2.45, 2.75) is 58.1 Å². The van der Waals surface area contributed by atoms with Crippen molar-refractivity contribution < 1.29 is 9.26 Å². The first-order valence-corrected chi connectivity index (χ1v) is 7.02. The van der Waals surface area contributed by atoms with Gasteiger partial charge in [-0.1, -0.05) is 25.9 Å². The Hall–Kier alpha value is -0.940. The van der Waals surface area contributed by atoms with E-state index in [9.17, 15) is 0 Å². The monoisotopic (exact) mass is 267 g/mol. The van der Waals surface area contributed by atoms with E-state index in [0.717, 1.165) is 37.6 Å². The van der Waals surface area contributed by atoms with Crippen molar-refractivity contribution in [2.75, 3.05) is 20.2 Å². The first-order chi connectivity index (χ1) is 8.91. The highest BCUT2D eigenvalue weighted by molar-refractivity contribution is 5.02. The van der Waals surface area contributed by atoms with Crippen LogP contribution in [0.2, 0.25) is 0 Å². The zero-order valence-corrected chi connectivity index (χ0v) is 12.6. The molecule has 0 aliphatic carbocycles. The SMILES string of the molecule is COC1CCN(C(C)c2nc(C(C)(C)C)no2)CC1. The third-order valence-corrected chi connectivity index (χ3v) is 3.83. The molecule has 0 amide bonds. The van der Waals surface area contributed by atoms with Gasteiger partial charge >= 0.3 is 0 Å². The number of likely N-dealkylation sites (tertiary alicyclic amines) is 1. The minimum Gasteiger partial charge on any atom is -0.381 e. The molecule has 2 rings (SSSR count). The van der Waals surface area contributed by atoms with Gasteiger partial charge in [0, 0.05) is 25.6 Å². The Kier molecular flexibility index (Phi) is 4.26. The van der Waals surface area contributed by atoms with Crippen LogP contribution in [0.3, 0.4) is 0 Å². The maximum absolute atomic E-state index is 5.43. The summed E-state index contributed by atoms with van der Waals surface area (Å²) in [5, 5.41) is 4.10. The number of ether oxygens (including phenoxy) is 1. The quantitative estimate of drug-likeness (QED) is 0.842. The average molecular weight is 267 g/mol. The van der Waals surface area contributed by atoms with Crippen molar-refractivity contribution in [2.24, 2.45) is 0 Å². The van der Waals surface area contributed by atoms with Crippen LogP contribution in [-0.4, -0.2) is 41.3 Å². The lowest BCUT2D eigenvalue weighted by Gasteiger charge is -2.33. The van der Waals surface area contributed by atoms with Gasteiger partial charge in [-0.15, -0.1) is 0 Å². The van der Waals surface area contributed by atoms with Crippen LogP contribution in [0.15, 0.2) is 4.52 Å². The molecule has 0 aromatic carbocycles. The summed E-state index contributed by atoms with van der Waals surface area (Å²) < 4.78 is 10.8. The zero-order chi connectivity index (χ0) is 14.0. The zero-order valence-electron chi connectivity index (χ0n) is 12.6. The number of hydrogen-bond donors (Lipinski definition) is 0. The molecule has 1 unspecified atom stereocenters. The lowest BCUT2D eigenvalue weighted by Crippen LogP contribution is -2.38. The van der Waals surface area contributed by atoms with Crippen LogP contribution >= 0.6 is 0 Å². The molecule has 5 nitrogen and oxygen atoms in total. The number of methoxy groups -OCH3 is 1. The van der Waals surface area contributed by atoms with Gasteiger partial charge in [0.05, 0.1) is 12.1 Å². The minimum absolute atomic E-state index is 0.0650. The molecule has 1 fully saturated rings. The highest BCUT2D eigenvalue weighted by Gasteiger charge is 2.28. The molecule has 0 bridgehead atoms. The predicted molar refractivity (Wildman–Crippen MR) is 73.0 cm³/mol. The Labute approximate surface area is 115 Å². The van der Waals surface area contributed by atoms with E-state index in [4.69, 9.17) is 9.26 Å². The van der Waals surface area contributed by atoms with Crippen LogP contribution in [0.1, 0.15) is 58.3 Å². The fraction of sp³-hybridized carbons (Fsp3) is 0.857. The van der Waals surface area contributed by atoms with E-state index >= 15 is 0 Å². The summed E-state index contributed by atoms with van der Waals surface area (Å²) in [5.41, 5.74) is -0.0650. The van der Waals surface area contributed by atoms with Crippen LogP contribution in [-0.2, 0) is 10.2 Å². The molecule has 0 saturated carbocycles. The molecule has 2 heterocycles. The van der Waals surface area contributed by atoms with Crippen LogP contribution in [0.4, 0.5) is 0 Å². The summed E-state index contributed by atoms with van der Waals surface area (Å²) in [6, 6.07) is 0.182. The number of rotatable bonds is 3. The number of aromatic nitrogens is 2. The van der Waals surface area contributed by atoms with Crippen LogP contribution in [0.5, 0.6) is 0 Å². The van der Waals surface area contributed by atoms with Crippen molar-refractivity contribution in [1.29, 1.82) is 0 Å². The van der Waals surface area contributed by atoms with Gasteiger partial charge in [0.15, 0.2) is 5.82 Å². The Morgan fingerprint density at radius 3 is 2.42 bits per heavy atom. The Balaban J connectivity index is 2.00. The van der Waals surface area contributed by atoms with E-state index in [1.807, 2.05) is 0 Å². The molecule has 0 radical (unpaired) electrons. The smallest absolute Gasteiger partial charge is 0.243 e. The molecule has 1 aromatic heterocycles. The summed E-state index contributed by atoms with van der Waals surface area (Å²) in [4.78, 5) is 6.93. The van der Waals surface area contributed by atoms with Crippen molar-refractivity contribution in [3.8, 4) is 0 Å². The standard InChI is InChI=1S/C14H25N3O2/c1-10(17-8-6-11(18-5)7-9-17)12-15-13(16-19-12)14(2,3)4/h10-11H,6-9H2,1-5H3. The van der Waals surface area contributed by atoms with E-state index in [2.05, 4.69) is 42.7 Å². The fourth-order valence-electron chi connectivity index (χ4n) is 2.36. The second-order valence-corrected chi connectivity index (χ2v) is 6.35.